The molecule has 1 aliphatic heterocycles. The van der Waals surface area contributed by atoms with Gasteiger partial charge in [0.25, 0.3) is 5.78 Å². The Labute approximate surface area is 141 Å². The summed E-state index contributed by atoms with van der Waals surface area (Å²) in [6.07, 6.45) is 4.64. The van der Waals surface area contributed by atoms with Crippen LogP contribution in [0.4, 0.5) is 5.82 Å². The molecule has 3 heterocycles. The van der Waals surface area contributed by atoms with Crippen LogP contribution in [0.25, 0.3) is 5.78 Å². The molecule has 0 saturated carbocycles. The Morgan fingerprint density at radius 3 is 2.46 bits per heavy atom. The van der Waals surface area contributed by atoms with E-state index in [1.165, 1.54) is 11.1 Å². The number of rotatable bonds is 4. The standard InChI is InChI=1S/C18H22N6/c1-2-15-3-5-16(6-4-15)13-22-9-11-23(12-10-22)17-7-8-19-18-21-20-14-24(17)18/h3-8,14H,2,9-13H2,1H3. The van der Waals surface area contributed by atoms with Crippen molar-refractivity contribution in [3.8, 4) is 0 Å². The number of fused-ring (bicyclic) bond motifs is 1. The van der Waals surface area contributed by atoms with Crippen LogP contribution in [0.2, 0.25) is 0 Å². The number of piperazine rings is 1. The SMILES string of the molecule is CCc1ccc(CN2CCN(c3ccnc4nncn34)CC2)cc1. The lowest BCUT2D eigenvalue weighted by Crippen LogP contribution is -2.46. The predicted molar refractivity (Wildman–Crippen MR) is 94.1 cm³/mol. The number of aromatic nitrogens is 4. The van der Waals surface area contributed by atoms with Crippen LogP contribution >= 0.6 is 0 Å². The molecule has 0 unspecified atom stereocenters. The Hall–Kier alpha value is -2.47. The molecule has 0 aliphatic carbocycles. The van der Waals surface area contributed by atoms with E-state index in [-0.39, 0.29) is 0 Å². The fourth-order valence-electron chi connectivity index (χ4n) is 3.26. The van der Waals surface area contributed by atoms with Gasteiger partial charge < -0.3 is 4.90 Å². The van der Waals surface area contributed by atoms with Crippen LogP contribution in [0, 0.1) is 0 Å². The van der Waals surface area contributed by atoms with E-state index in [1.807, 2.05) is 10.5 Å². The topological polar surface area (TPSA) is 49.6 Å². The van der Waals surface area contributed by atoms with Crippen LogP contribution in [0.15, 0.2) is 42.9 Å². The molecule has 24 heavy (non-hydrogen) atoms. The molecule has 3 aromatic rings. The summed E-state index contributed by atoms with van der Waals surface area (Å²) in [4.78, 5) is 9.13. The third kappa shape index (κ3) is 2.97. The zero-order valence-electron chi connectivity index (χ0n) is 14.0. The van der Waals surface area contributed by atoms with Crippen LogP contribution in [0.3, 0.4) is 0 Å². The molecule has 6 nitrogen and oxygen atoms in total. The molecule has 0 atom stereocenters. The summed E-state index contributed by atoms with van der Waals surface area (Å²) < 4.78 is 1.96. The first-order chi connectivity index (χ1) is 11.8. The fourth-order valence-corrected chi connectivity index (χ4v) is 3.26. The summed E-state index contributed by atoms with van der Waals surface area (Å²) in [5.41, 5.74) is 2.80. The maximum absolute atomic E-state index is 4.23. The van der Waals surface area contributed by atoms with E-state index in [2.05, 4.69) is 56.2 Å². The summed E-state index contributed by atoms with van der Waals surface area (Å²) in [5, 5.41) is 7.98. The van der Waals surface area contributed by atoms with Crippen molar-refractivity contribution < 1.29 is 0 Å². The molecule has 0 spiro atoms. The molecule has 6 heteroatoms. The number of hydrogen-bond acceptors (Lipinski definition) is 5. The van der Waals surface area contributed by atoms with Gasteiger partial charge in [-0.3, -0.25) is 9.30 Å². The lowest BCUT2D eigenvalue weighted by atomic mass is 10.1. The second-order valence-corrected chi connectivity index (χ2v) is 6.24. The van der Waals surface area contributed by atoms with Gasteiger partial charge in [0.05, 0.1) is 0 Å². The van der Waals surface area contributed by atoms with Crippen LogP contribution < -0.4 is 4.90 Å². The number of hydrogen-bond donors (Lipinski definition) is 0. The highest BCUT2D eigenvalue weighted by Gasteiger charge is 2.19. The molecule has 0 radical (unpaired) electrons. The zero-order chi connectivity index (χ0) is 16.4. The van der Waals surface area contributed by atoms with E-state index in [4.69, 9.17) is 0 Å². The second kappa shape index (κ2) is 6.57. The normalized spacial score (nSPS) is 16.0. The molecule has 1 aromatic carbocycles. The largest absolute Gasteiger partial charge is 0.355 e. The van der Waals surface area contributed by atoms with Gasteiger partial charge in [0.15, 0.2) is 0 Å². The molecular weight excluding hydrogens is 300 g/mol. The average molecular weight is 322 g/mol. The van der Waals surface area contributed by atoms with Crippen molar-refractivity contribution in [1.82, 2.24) is 24.5 Å². The Kier molecular flexibility index (Phi) is 4.13. The minimum absolute atomic E-state index is 0.658. The fraction of sp³-hybridized carbons (Fsp3) is 0.389. The molecule has 0 N–H and O–H groups in total. The van der Waals surface area contributed by atoms with Crippen LogP contribution in [0.5, 0.6) is 0 Å². The van der Waals surface area contributed by atoms with Crippen molar-refractivity contribution in [3.05, 3.63) is 54.0 Å². The molecule has 0 amide bonds. The predicted octanol–water partition coefficient (Wildman–Crippen LogP) is 2.01. The van der Waals surface area contributed by atoms with Gasteiger partial charge >= 0.3 is 0 Å². The van der Waals surface area contributed by atoms with Crippen molar-refractivity contribution in [2.45, 2.75) is 19.9 Å². The van der Waals surface area contributed by atoms with Crippen LogP contribution in [-0.4, -0.2) is 50.7 Å². The quantitative estimate of drug-likeness (QED) is 0.735. The van der Waals surface area contributed by atoms with Gasteiger partial charge in [-0.15, -0.1) is 10.2 Å². The van der Waals surface area contributed by atoms with Gasteiger partial charge in [-0.05, 0) is 23.6 Å². The molecular formula is C18H22N6. The van der Waals surface area contributed by atoms with Crippen molar-refractivity contribution in [3.63, 3.8) is 0 Å². The highest BCUT2D eigenvalue weighted by atomic mass is 15.3. The van der Waals surface area contributed by atoms with E-state index in [1.54, 1.807) is 12.5 Å². The summed E-state index contributed by atoms with van der Waals surface area (Å²) in [5.74, 6) is 1.78. The van der Waals surface area contributed by atoms with E-state index < -0.39 is 0 Å². The Morgan fingerprint density at radius 2 is 1.71 bits per heavy atom. The highest BCUT2D eigenvalue weighted by Crippen LogP contribution is 2.17. The lowest BCUT2D eigenvalue weighted by molar-refractivity contribution is 0.249. The summed E-state index contributed by atoms with van der Waals surface area (Å²) in [6, 6.07) is 11.0. The number of anilines is 1. The van der Waals surface area contributed by atoms with Gasteiger partial charge in [0.2, 0.25) is 0 Å². The van der Waals surface area contributed by atoms with Gasteiger partial charge in [-0.2, -0.15) is 0 Å². The van der Waals surface area contributed by atoms with E-state index >= 15 is 0 Å². The average Bonchev–Trinajstić information content (AvgIpc) is 3.12. The number of aryl methyl sites for hydroxylation is 1. The third-order valence-corrected chi connectivity index (χ3v) is 4.72. The van der Waals surface area contributed by atoms with E-state index in [9.17, 15) is 0 Å². The first kappa shape index (κ1) is 15.1. The van der Waals surface area contributed by atoms with Gasteiger partial charge in [0.1, 0.15) is 12.1 Å². The summed E-state index contributed by atoms with van der Waals surface area (Å²) >= 11 is 0. The lowest BCUT2D eigenvalue weighted by Gasteiger charge is -2.36. The third-order valence-electron chi connectivity index (χ3n) is 4.72. The molecule has 4 rings (SSSR count). The molecule has 2 aromatic heterocycles. The highest BCUT2D eigenvalue weighted by molar-refractivity contribution is 5.46. The number of benzene rings is 1. The summed E-state index contributed by atoms with van der Waals surface area (Å²) in [6.45, 7) is 7.34. The maximum atomic E-state index is 4.23. The van der Waals surface area contributed by atoms with Crippen molar-refractivity contribution in [2.75, 3.05) is 31.1 Å². The van der Waals surface area contributed by atoms with E-state index in [0.29, 0.717) is 5.78 Å². The van der Waals surface area contributed by atoms with E-state index in [0.717, 1.165) is 45.0 Å². The molecule has 1 saturated heterocycles. The van der Waals surface area contributed by atoms with Gasteiger partial charge in [-0.1, -0.05) is 31.2 Å². The maximum Gasteiger partial charge on any atom is 0.256 e. The molecule has 1 fully saturated rings. The minimum atomic E-state index is 0.658. The first-order valence-electron chi connectivity index (χ1n) is 8.53. The monoisotopic (exact) mass is 322 g/mol. The first-order valence-corrected chi connectivity index (χ1v) is 8.53. The Balaban J connectivity index is 1.40. The van der Waals surface area contributed by atoms with Crippen molar-refractivity contribution in [2.24, 2.45) is 0 Å². The molecule has 124 valence electrons. The van der Waals surface area contributed by atoms with Gasteiger partial charge in [-0.25, -0.2) is 4.98 Å². The Bertz CT molecular complexity index is 802. The molecule has 0 bridgehead atoms. The number of nitrogens with zero attached hydrogens (tertiary/aromatic N) is 6. The van der Waals surface area contributed by atoms with Crippen molar-refractivity contribution >= 4 is 11.6 Å². The van der Waals surface area contributed by atoms with Crippen molar-refractivity contribution in [1.29, 1.82) is 0 Å². The zero-order valence-corrected chi connectivity index (χ0v) is 14.0. The van der Waals surface area contributed by atoms with Crippen LogP contribution in [0.1, 0.15) is 18.1 Å². The van der Waals surface area contributed by atoms with Crippen LogP contribution in [-0.2, 0) is 13.0 Å². The smallest absolute Gasteiger partial charge is 0.256 e. The second-order valence-electron chi connectivity index (χ2n) is 6.24. The van der Waals surface area contributed by atoms with Gasteiger partial charge in [0, 0.05) is 38.9 Å². The Morgan fingerprint density at radius 1 is 0.958 bits per heavy atom. The minimum Gasteiger partial charge on any atom is -0.355 e. The summed E-state index contributed by atoms with van der Waals surface area (Å²) in [7, 11) is 0. The molecule has 1 aliphatic rings.